The standard InChI is InChI=1S/C16H10F6O4/c17-15(18,19)14(8-12(23)24,16(20,21)22)26-13(25)11-6-5-9-3-1-2-4-10(9)7-11/h1-7H,8H2,(H,23,24)/p-1. The molecule has 0 amide bonds. The number of rotatable bonds is 4. The summed E-state index contributed by atoms with van der Waals surface area (Å²) in [4.78, 5) is 22.4. The molecule has 140 valence electrons. The van der Waals surface area contributed by atoms with E-state index in [0.29, 0.717) is 10.8 Å². The zero-order chi connectivity index (χ0) is 19.8. The summed E-state index contributed by atoms with van der Waals surface area (Å²) in [6, 6.07) is 9.58. The van der Waals surface area contributed by atoms with Crippen molar-refractivity contribution >= 4 is 22.7 Å². The average Bonchev–Trinajstić information content (AvgIpc) is 2.51. The second-order valence-electron chi connectivity index (χ2n) is 5.32. The first-order valence-corrected chi connectivity index (χ1v) is 6.93. The first kappa shape index (κ1) is 19.5. The van der Waals surface area contributed by atoms with Gasteiger partial charge in [-0.25, -0.2) is 4.79 Å². The van der Waals surface area contributed by atoms with Gasteiger partial charge in [0.25, 0.3) is 0 Å². The van der Waals surface area contributed by atoms with E-state index in [4.69, 9.17) is 0 Å². The average molecular weight is 379 g/mol. The molecule has 0 aliphatic carbocycles. The van der Waals surface area contributed by atoms with E-state index in [1.165, 1.54) is 12.1 Å². The number of alkyl halides is 6. The molecule has 0 bridgehead atoms. The predicted molar refractivity (Wildman–Crippen MR) is 73.8 cm³/mol. The van der Waals surface area contributed by atoms with Gasteiger partial charge in [0.05, 0.1) is 5.56 Å². The van der Waals surface area contributed by atoms with E-state index in [-0.39, 0.29) is 0 Å². The second kappa shape index (κ2) is 6.50. The third-order valence-electron chi connectivity index (χ3n) is 3.56. The molecule has 0 aliphatic rings. The van der Waals surface area contributed by atoms with Crippen LogP contribution in [0.1, 0.15) is 16.8 Å². The van der Waals surface area contributed by atoms with Gasteiger partial charge in [-0.15, -0.1) is 0 Å². The third kappa shape index (κ3) is 3.58. The van der Waals surface area contributed by atoms with Gasteiger partial charge in [0, 0.05) is 12.4 Å². The van der Waals surface area contributed by atoms with E-state index in [2.05, 4.69) is 4.74 Å². The highest BCUT2D eigenvalue weighted by Crippen LogP contribution is 2.48. The molecule has 0 atom stereocenters. The highest BCUT2D eigenvalue weighted by molar-refractivity contribution is 5.95. The van der Waals surface area contributed by atoms with Crippen LogP contribution in [-0.4, -0.2) is 29.9 Å². The predicted octanol–water partition coefficient (Wildman–Crippen LogP) is 3.00. The van der Waals surface area contributed by atoms with Crippen LogP contribution in [0.2, 0.25) is 0 Å². The molecule has 0 fully saturated rings. The molecule has 0 saturated carbocycles. The normalized spacial score (nSPS) is 12.8. The van der Waals surface area contributed by atoms with Gasteiger partial charge in [-0.3, -0.25) is 0 Å². The molecule has 0 heterocycles. The molecule has 0 N–H and O–H groups in total. The second-order valence-corrected chi connectivity index (χ2v) is 5.32. The van der Waals surface area contributed by atoms with Crippen LogP contribution in [-0.2, 0) is 9.53 Å². The molecule has 0 saturated heterocycles. The summed E-state index contributed by atoms with van der Waals surface area (Å²) >= 11 is 0. The number of esters is 1. The largest absolute Gasteiger partial charge is 0.550 e. The molecular weight excluding hydrogens is 370 g/mol. The third-order valence-corrected chi connectivity index (χ3v) is 3.56. The Bertz CT molecular complexity index is 826. The molecule has 2 rings (SSSR count). The van der Waals surface area contributed by atoms with Gasteiger partial charge in [-0.1, -0.05) is 30.3 Å². The first-order chi connectivity index (χ1) is 11.9. The minimum absolute atomic E-state index is 0.367. The van der Waals surface area contributed by atoms with Crippen LogP contribution in [0.4, 0.5) is 26.3 Å². The van der Waals surface area contributed by atoms with E-state index >= 15 is 0 Å². The Morgan fingerprint density at radius 1 is 0.885 bits per heavy atom. The monoisotopic (exact) mass is 379 g/mol. The molecule has 2 aromatic carbocycles. The molecule has 4 nitrogen and oxygen atoms in total. The maximum absolute atomic E-state index is 13.1. The number of carbonyl (C=O) groups excluding carboxylic acids is 2. The number of halogens is 6. The van der Waals surface area contributed by atoms with Gasteiger partial charge in [-0.2, -0.15) is 26.3 Å². The smallest absolute Gasteiger partial charge is 0.437 e. The molecule has 10 heteroatoms. The molecule has 26 heavy (non-hydrogen) atoms. The van der Waals surface area contributed by atoms with Crippen LogP contribution in [0.5, 0.6) is 0 Å². The Balaban J connectivity index is 2.49. The molecule has 0 unspecified atom stereocenters. The number of hydrogen-bond acceptors (Lipinski definition) is 4. The van der Waals surface area contributed by atoms with E-state index in [1.807, 2.05) is 0 Å². The lowest BCUT2D eigenvalue weighted by molar-refractivity contribution is -0.377. The van der Waals surface area contributed by atoms with Crippen LogP contribution in [0.25, 0.3) is 10.8 Å². The van der Waals surface area contributed by atoms with Crippen LogP contribution < -0.4 is 5.11 Å². The number of carboxylic acid groups (broad SMARTS) is 1. The minimum atomic E-state index is -6.22. The van der Waals surface area contributed by atoms with Crippen molar-refractivity contribution in [3.8, 4) is 0 Å². The summed E-state index contributed by atoms with van der Waals surface area (Å²) < 4.78 is 82.1. The maximum atomic E-state index is 13.1. The number of aliphatic carboxylic acids is 1. The zero-order valence-corrected chi connectivity index (χ0v) is 12.6. The maximum Gasteiger partial charge on any atom is 0.437 e. The van der Waals surface area contributed by atoms with Gasteiger partial charge >= 0.3 is 23.9 Å². The molecule has 0 aliphatic heterocycles. The molecule has 2 aromatic rings. The quantitative estimate of drug-likeness (QED) is 0.605. The number of carboxylic acids is 1. The Morgan fingerprint density at radius 2 is 1.42 bits per heavy atom. The molecule has 0 radical (unpaired) electrons. The Morgan fingerprint density at radius 3 is 1.92 bits per heavy atom. The Hall–Kier alpha value is -2.78. The number of carbonyl (C=O) groups is 2. The summed E-state index contributed by atoms with van der Waals surface area (Å²) in [6.07, 6.45) is -15.1. The number of hydrogen-bond donors (Lipinski definition) is 0. The first-order valence-electron chi connectivity index (χ1n) is 6.93. The molecule has 0 aromatic heterocycles. The van der Waals surface area contributed by atoms with Crippen molar-refractivity contribution in [2.24, 2.45) is 0 Å². The van der Waals surface area contributed by atoms with Crippen molar-refractivity contribution < 1.29 is 45.8 Å². The fourth-order valence-corrected chi connectivity index (χ4v) is 2.25. The van der Waals surface area contributed by atoms with Crippen molar-refractivity contribution in [2.75, 3.05) is 0 Å². The summed E-state index contributed by atoms with van der Waals surface area (Å²) in [5.74, 6) is -4.64. The van der Waals surface area contributed by atoms with Crippen LogP contribution in [0, 0.1) is 0 Å². The lowest BCUT2D eigenvalue weighted by Crippen LogP contribution is -2.61. The molecular formula is C16H9F6O4-. The summed E-state index contributed by atoms with van der Waals surface area (Å²) in [5, 5.41) is 11.4. The van der Waals surface area contributed by atoms with Crippen molar-refractivity contribution in [1.29, 1.82) is 0 Å². The number of ether oxygens (including phenoxy) is 1. The van der Waals surface area contributed by atoms with Gasteiger partial charge in [-0.05, 0) is 22.9 Å². The Labute approximate surface area is 142 Å². The fourth-order valence-electron chi connectivity index (χ4n) is 2.25. The number of benzene rings is 2. The SMILES string of the molecule is O=C([O-])CC(OC(=O)c1ccc2ccccc2c1)(C(F)(F)F)C(F)(F)F. The van der Waals surface area contributed by atoms with Crippen molar-refractivity contribution in [3.05, 3.63) is 48.0 Å². The van der Waals surface area contributed by atoms with E-state index in [9.17, 15) is 41.0 Å². The fraction of sp³-hybridized carbons (Fsp3) is 0.250. The lowest BCUT2D eigenvalue weighted by atomic mass is 9.97. The summed E-state index contributed by atoms with van der Waals surface area (Å²) in [6.45, 7) is 0. The van der Waals surface area contributed by atoms with Gasteiger partial charge in [0.2, 0.25) is 0 Å². The summed E-state index contributed by atoms with van der Waals surface area (Å²) in [5.41, 5.74) is -5.82. The van der Waals surface area contributed by atoms with Gasteiger partial charge in [0.15, 0.2) is 0 Å². The lowest BCUT2D eigenvalue weighted by Gasteiger charge is -2.36. The van der Waals surface area contributed by atoms with Gasteiger partial charge < -0.3 is 14.6 Å². The highest BCUT2D eigenvalue weighted by atomic mass is 19.4. The van der Waals surface area contributed by atoms with Crippen LogP contribution in [0.3, 0.4) is 0 Å². The van der Waals surface area contributed by atoms with E-state index in [0.717, 1.165) is 12.1 Å². The number of fused-ring (bicyclic) bond motifs is 1. The Kier molecular flexibility index (Phi) is 4.89. The van der Waals surface area contributed by atoms with Gasteiger partial charge in [0.1, 0.15) is 0 Å². The van der Waals surface area contributed by atoms with Crippen molar-refractivity contribution in [2.45, 2.75) is 24.4 Å². The molecule has 0 spiro atoms. The summed E-state index contributed by atoms with van der Waals surface area (Å²) in [7, 11) is 0. The highest BCUT2D eigenvalue weighted by Gasteiger charge is 2.74. The zero-order valence-electron chi connectivity index (χ0n) is 12.6. The van der Waals surface area contributed by atoms with Crippen LogP contribution >= 0.6 is 0 Å². The van der Waals surface area contributed by atoms with E-state index < -0.39 is 41.9 Å². The minimum Gasteiger partial charge on any atom is -0.550 e. The van der Waals surface area contributed by atoms with Crippen molar-refractivity contribution in [1.82, 2.24) is 0 Å². The van der Waals surface area contributed by atoms with Crippen molar-refractivity contribution in [3.63, 3.8) is 0 Å². The van der Waals surface area contributed by atoms with E-state index in [1.54, 1.807) is 18.2 Å². The topological polar surface area (TPSA) is 66.4 Å². The van der Waals surface area contributed by atoms with Crippen LogP contribution in [0.15, 0.2) is 42.5 Å².